The van der Waals surface area contributed by atoms with Crippen molar-refractivity contribution in [3.8, 4) is 11.3 Å². The van der Waals surface area contributed by atoms with E-state index in [9.17, 15) is 0 Å². The average molecular weight is 306 g/mol. The molecule has 0 amide bonds. The van der Waals surface area contributed by atoms with Gasteiger partial charge in [-0.1, -0.05) is 43.7 Å². The van der Waals surface area contributed by atoms with Gasteiger partial charge in [0, 0.05) is 17.7 Å². The van der Waals surface area contributed by atoms with Gasteiger partial charge in [-0.25, -0.2) is 4.98 Å². The highest BCUT2D eigenvalue weighted by molar-refractivity contribution is 5.75. The SMILES string of the molecule is C=C(CCC)c1ccc(-c2cccc(C)c2)nc1NCC1CC1. The van der Waals surface area contributed by atoms with Gasteiger partial charge in [0.1, 0.15) is 5.82 Å². The van der Waals surface area contributed by atoms with Crippen molar-refractivity contribution in [2.45, 2.75) is 39.5 Å². The van der Waals surface area contributed by atoms with Crippen LogP contribution in [0.5, 0.6) is 0 Å². The molecular weight excluding hydrogens is 280 g/mol. The highest BCUT2D eigenvalue weighted by Crippen LogP contribution is 2.32. The molecule has 0 radical (unpaired) electrons. The van der Waals surface area contributed by atoms with E-state index in [1.54, 1.807) is 0 Å². The largest absolute Gasteiger partial charge is 0.369 e. The van der Waals surface area contributed by atoms with Crippen LogP contribution in [-0.2, 0) is 0 Å². The predicted molar refractivity (Wildman–Crippen MR) is 99.6 cm³/mol. The van der Waals surface area contributed by atoms with Crippen LogP contribution >= 0.6 is 0 Å². The van der Waals surface area contributed by atoms with Crippen LogP contribution in [0, 0.1) is 12.8 Å². The Bertz CT molecular complexity index is 699. The van der Waals surface area contributed by atoms with Crippen LogP contribution in [-0.4, -0.2) is 11.5 Å². The Kier molecular flexibility index (Phi) is 4.80. The molecule has 1 heterocycles. The van der Waals surface area contributed by atoms with Gasteiger partial charge in [0.15, 0.2) is 0 Å². The average Bonchev–Trinajstić information content (AvgIpc) is 3.37. The number of rotatable bonds is 7. The van der Waals surface area contributed by atoms with E-state index >= 15 is 0 Å². The number of nitrogens with one attached hydrogen (secondary N) is 1. The number of hydrogen-bond acceptors (Lipinski definition) is 2. The number of anilines is 1. The molecule has 1 aromatic heterocycles. The van der Waals surface area contributed by atoms with E-state index in [1.807, 2.05) is 0 Å². The van der Waals surface area contributed by atoms with E-state index in [0.29, 0.717) is 0 Å². The van der Waals surface area contributed by atoms with Crippen molar-refractivity contribution >= 4 is 11.4 Å². The van der Waals surface area contributed by atoms with E-state index in [4.69, 9.17) is 4.98 Å². The first kappa shape index (κ1) is 15.8. The fraction of sp³-hybridized carbons (Fsp3) is 0.381. The molecule has 1 N–H and O–H groups in total. The van der Waals surface area contributed by atoms with Gasteiger partial charge >= 0.3 is 0 Å². The van der Waals surface area contributed by atoms with Crippen molar-refractivity contribution in [1.29, 1.82) is 0 Å². The number of benzene rings is 1. The summed E-state index contributed by atoms with van der Waals surface area (Å²) in [7, 11) is 0. The molecule has 0 saturated heterocycles. The first-order valence-electron chi connectivity index (χ1n) is 8.67. The first-order chi connectivity index (χ1) is 11.2. The lowest BCUT2D eigenvalue weighted by atomic mass is 10.0. The molecule has 2 heteroatoms. The third-order valence-electron chi connectivity index (χ3n) is 4.40. The minimum atomic E-state index is 0.826. The predicted octanol–water partition coefficient (Wildman–Crippen LogP) is 5.69. The van der Waals surface area contributed by atoms with Gasteiger partial charge in [-0.15, -0.1) is 0 Å². The summed E-state index contributed by atoms with van der Waals surface area (Å²) in [6.45, 7) is 9.59. The molecule has 2 aromatic rings. The lowest BCUT2D eigenvalue weighted by Gasteiger charge is -2.14. The fourth-order valence-electron chi connectivity index (χ4n) is 2.84. The third-order valence-corrected chi connectivity index (χ3v) is 4.40. The van der Waals surface area contributed by atoms with E-state index < -0.39 is 0 Å². The number of allylic oxidation sites excluding steroid dienone is 1. The number of pyridine rings is 1. The standard InChI is InChI=1S/C21H26N2/c1-4-6-16(3)19-11-12-20(18-8-5-7-15(2)13-18)23-21(19)22-14-17-9-10-17/h5,7-8,11-13,17H,3-4,6,9-10,14H2,1-2H3,(H,22,23). The summed E-state index contributed by atoms with van der Waals surface area (Å²) in [6.07, 6.45) is 4.82. The van der Waals surface area contributed by atoms with Crippen LogP contribution in [0.15, 0.2) is 43.0 Å². The molecule has 3 rings (SSSR count). The van der Waals surface area contributed by atoms with Crippen molar-refractivity contribution in [3.63, 3.8) is 0 Å². The quantitative estimate of drug-likeness (QED) is 0.710. The molecule has 1 fully saturated rings. The van der Waals surface area contributed by atoms with Crippen molar-refractivity contribution in [3.05, 3.63) is 54.1 Å². The zero-order valence-electron chi connectivity index (χ0n) is 14.2. The van der Waals surface area contributed by atoms with Crippen LogP contribution in [0.2, 0.25) is 0 Å². The third kappa shape index (κ3) is 4.01. The Balaban J connectivity index is 1.92. The fourth-order valence-corrected chi connectivity index (χ4v) is 2.84. The molecule has 23 heavy (non-hydrogen) atoms. The van der Waals surface area contributed by atoms with Crippen molar-refractivity contribution in [1.82, 2.24) is 4.98 Å². The highest BCUT2D eigenvalue weighted by Gasteiger charge is 2.21. The summed E-state index contributed by atoms with van der Waals surface area (Å²) in [6, 6.07) is 12.8. The monoisotopic (exact) mass is 306 g/mol. The summed E-state index contributed by atoms with van der Waals surface area (Å²) in [4.78, 5) is 4.92. The van der Waals surface area contributed by atoms with E-state index in [2.05, 4.69) is 62.1 Å². The van der Waals surface area contributed by atoms with Crippen LogP contribution in [0.25, 0.3) is 16.8 Å². The van der Waals surface area contributed by atoms with Gasteiger partial charge in [0.2, 0.25) is 0 Å². The summed E-state index contributed by atoms with van der Waals surface area (Å²) in [5.74, 6) is 1.82. The Hall–Kier alpha value is -2.09. The van der Waals surface area contributed by atoms with E-state index in [0.717, 1.165) is 36.8 Å². The van der Waals surface area contributed by atoms with Gasteiger partial charge < -0.3 is 5.32 Å². The van der Waals surface area contributed by atoms with Gasteiger partial charge in [-0.05, 0) is 55.9 Å². The number of hydrogen-bond donors (Lipinski definition) is 1. The van der Waals surface area contributed by atoms with Crippen LogP contribution in [0.3, 0.4) is 0 Å². The lowest BCUT2D eigenvalue weighted by molar-refractivity contribution is 0.881. The van der Waals surface area contributed by atoms with Crippen LogP contribution in [0.4, 0.5) is 5.82 Å². The first-order valence-corrected chi connectivity index (χ1v) is 8.67. The summed E-state index contributed by atoms with van der Waals surface area (Å²) in [5, 5.41) is 3.57. The van der Waals surface area contributed by atoms with Crippen molar-refractivity contribution < 1.29 is 0 Å². The lowest BCUT2D eigenvalue weighted by Crippen LogP contribution is -2.08. The minimum Gasteiger partial charge on any atom is -0.369 e. The molecule has 0 aliphatic heterocycles. The maximum atomic E-state index is 4.92. The molecule has 1 aliphatic rings. The Morgan fingerprint density at radius 3 is 2.78 bits per heavy atom. The van der Waals surface area contributed by atoms with Crippen LogP contribution in [0.1, 0.15) is 43.7 Å². The Morgan fingerprint density at radius 1 is 1.26 bits per heavy atom. The van der Waals surface area contributed by atoms with E-state index in [-0.39, 0.29) is 0 Å². The zero-order chi connectivity index (χ0) is 16.2. The second-order valence-corrected chi connectivity index (χ2v) is 6.64. The summed E-state index contributed by atoms with van der Waals surface area (Å²) >= 11 is 0. The maximum Gasteiger partial charge on any atom is 0.134 e. The van der Waals surface area contributed by atoms with Crippen molar-refractivity contribution in [2.24, 2.45) is 5.92 Å². The molecule has 0 atom stereocenters. The summed E-state index contributed by atoms with van der Waals surface area (Å²) < 4.78 is 0. The molecule has 1 aromatic carbocycles. The van der Waals surface area contributed by atoms with Crippen molar-refractivity contribution in [2.75, 3.05) is 11.9 Å². The number of aromatic nitrogens is 1. The minimum absolute atomic E-state index is 0.826. The Labute approximate surface area is 139 Å². The molecular formula is C21H26N2. The molecule has 0 bridgehead atoms. The van der Waals surface area contributed by atoms with E-state index in [1.165, 1.54) is 35.1 Å². The number of nitrogens with zero attached hydrogens (tertiary/aromatic N) is 1. The second kappa shape index (κ2) is 6.99. The van der Waals surface area contributed by atoms with Gasteiger partial charge in [-0.2, -0.15) is 0 Å². The molecule has 120 valence electrons. The second-order valence-electron chi connectivity index (χ2n) is 6.64. The maximum absolute atomic E-state index is 4.92. The molecule has 0 unspecified atom stereocenters. The topological polar surface area (TPSA) is 24.9 Å². The number of aryl methyl sites for hydroxylation is 1. The zero-order valence-corrected chi connectivity index (χ0v) is 14.2. The van der Waals surface area contributed by atoms with Gasteiger partial charge in [0.25, 0.3) is 0 Å². The summed E-state index contributed by atoms with van der Waals surface area (Å²) in [5.41, 5.74) is 5.81. The van der Waals surface area contributed by atoms with Crippen LogP contribution < -0.4 is 5.32 Å². The molecule has 2 nitrogen and oxygen atoms in total. The Morgan fingerprint density at radius 2 is 2.09 bits per heavy atom. The molecule has 1 aliphatic carbocycles. The smallest absolute Gasteiger partial charge is 0.134 e. The van der Waals surface area contributed by atoms with Gasteiger partial charge in [0.05, 0.1) is 5.69 Å². The van der Waals surface area contributed by atoms with Gasteiger partial charge in [-0.3, -0.25) is 0 Å². The molecule has 0 spiro atoms. The highest BCUT2D eigenvalue weighted by atomic mass is 15.0. The normalized spacial score (nSPS) is 13.8. The molecule has 1 saturated carbocycles.